The van der Waals surface area contributed by atoms with Gasteiger partial charge in [0.1, 0.15) is 0 Å². The molecule has 1 heterocycles. The monoisotopic (exact) mass is 276 g/mol. The molecule has 2 unspecified atom stereocenters. The number of rotatable bonds is 3. The molecule has 0 aromatic heterocycles. The van der Waals surface area contributed by atoms with E-state index in [9.17, 15) is 4.79 Å². The Morgan fingerprint density at radius 1 is 1.20 bits per heavy atom. The second-order valence-electron chi connectivity index (χ2n) is 5.55. The molecule has 2 rings (SSSR count). The molecule has 0 saturated carbocycles. The molecule has 4 heteroatoms. The Kier molecular flexibility index (Phi) is 5.01. The van der Waals surface area contributed by atoms with Gasteiger partial charge in [-0.3, -0.25) is 4.90 Å². The van der Waals surface area contributed by atoms with E-state index in [4.69, 9.17) is 4.74 Å². The Labute approximate surface area is 121 Å². The average molecular weight is 276 g/mol. The predicted octanol–water partition coefficient (Wildman–Crippen LogP) is 2.39. The number of carbonyl (C=O) groups excluding carboxylic acids is 1. The fourth-order valence-electron chi connectivity index (χ4n) is 2.98. The molecular formula is C16H24N2O2. The van der Waals surface area contributed by atoms with Crippen LogP contribution in [0.25, 0.3) is 0 Å². The Balaban J connectivity index is 1.91. The molecule has 1 aromatic carbocycles. The molecule has 110 valence electrons. The van der Waals surface area contributed by atoms with Crippen LogP contribution in [0.5, 0.6) is 0 Å². The third-order valence-electron chi connectivity index (χ3n) is 4.04. The van der Waals surface area contributed by atoms with E-state index in [1.807, 2.05) is 6.07 Å². The zero-order valence-corrected chi connectivity index (χ0v) is 12.6. The fourth-order valence-corrected chi connectivity index (χ4v) is 2.98. The zero-order chi connectivity index (χ0) is 14.5. The van der Waals surface area contributed by atoms with Crippen LogP contribution in [0.3, 0.4) is 0 Å². The molecule has 0 aliphatic carbocycles. The van der Waals surface area contributed by atoms with Gasteiger partial charge in [-0.1, -0.05) is 30.3 Å². The van der Waals surface area contributed by atoms with E-state index < -0.39 is 0 Å². The maximum atomic E-state index is 11.6. The van der Waals surface area contributed by atoms with Crippen molar-refractivity contribution in [3.63, 3.8) is 0 Å². The van der Waals surface area contributed by atoms with Gasteiger partial charge in [-0.15, -0.1) is 0 Å². The molecule has 1 aliphatic heterocycles. The van der Waals surface area contributed by atoms with E-state index in [1.54, 1.807) is 4.90 Å². The molecule has 0 N–H and O–H groups in total. The number of benzene rings is 1. The number of ether oxygens (including phenoxy) is 1. The average Bonchev–Trinajstić information content (AvgIpc) is 2.46. The smallest absolute Gasteiger partial charge is 0.409 e. The van der Waals surface area contributed by atoms with Crippen molar-refractivity contribution in [1.29, 1.82) is 0 Å². The molecule has 20 heavy (non-hydrogen) atoms. The van der Waals surface area contributed by atoms with Gasteiger partial charge in [-0.05, 0) is 25.8 Å². The van der Waals surface area contributed by atoms with Gasteiger partial charge in [0.25, 0.3) is 0 Å². The Bertz CT molecular complexity index is 423. The first-order valence-corrected chi connectivity index (χ1v) is 7.24. The minimum atomic E-state index is -0.216. The van der Waals surface area contributed by atoms with E-state index in [0.717, 1.165) is 26.1 Å². The van der Waals surface area contributed by atoms with E-state index >= 15 is 0 Å². The van der Waals surface area contributed by atoms with Gasteiger partial charge in [-0.25, -0.2) is 4.79 Å². The lowest BCUT2D eigenvalue weighted by atomic mass is 10.1. The zero-order valence-electron chi connectivity index (χ0n) is 12.6. The van der Waals surface area contributed by atoms with Crippen LogP contribution in [0, 0.1) is 0 Å². The normalized spacial score (nSPS) is 23.6. The largest absolute Gasteiger partial charge is 0.453 e. The highest BCUT2D eigenvalue weighted by molar-refractivity contribution is 5.67. The van der Waals surface area contributed by atoms with Gasteiger partial charge in [0.05, 0.1) is 7.11 Å². The summed E-state index contributed by atoms with van der Waals surface area (Å²) in [4.78, 5) is 15.9. The minimum Gasteiger partial charge on any atom is -0.453 e. The first-order chi connectivity index (χ1) is 9.61. The highest BCUT2D eigenvalue weighted by atomic mass is 16.5. The quantitative estimate of drug-likeness (QED) is 0.850. The van der Waals surface area contributed by atoms with Crippen molar-refractivity contribution in [2.75, 3.05) is 26.7 Å². The van der Waals surface area contributed by atoms with Gasteiger partial charge in [0.2, 0.25) is 0 Å². The lowest BCUT2D eigenvalue weighted by Crippen LogP contribution is -2.58. The molecular weight excluding hydrogens is 252 g/mol. The van der Waals surface area contributed by atoms with E-state index in [0.29, 0.717) is 12.1 Å². The predicted molar refractivity (Wildman–Crippen MR) is 79.8 cm³/mol. The number of methoxy groups -OCH3 is 1. The summed E-state index contributed by atoms with van der Waals surface area (Å²) in [6.45, 7) is 6.87. The summed E-state index contributed by atoms with van der Waals surface area (Å²) in [5.74, 6) is 0. The van der Waals surface area contributed by atoms with Crippen molar-refractivity contribution < 1.29 is 9.53 Å². The van der Waals surface area contributed by atoms with Crippen LogP contribution in [0.2, 0.25) is 0 Å². The third kappa shape index (κ3) is 3.51. The summed E-state index contributed by atoms with van der Waals surface area (Å²) in [6.07, 6.45) is 0.833. The molecule has 1 fully saturated rings. The van der Waals surface area contributed by atoms with Crippen molar-refractivity contribution in [2.45, 2.75) is 32.4 Å². The van der Waals surface area contributed by atoms with Crippen molar-refractivity contribution in [1.82, 2.24) is 9.80 Å². The first kappa shape index (κ1) is 14.9. The van der Waals surface area contributed by atoms with Crippen molar-refractivity contribution in [2.24, 2.45) is 0 Å². The maximum Gasteiger partial charge on any atom is 0.409 e. The van der Waals surface area contributed by atoms with Crippen LogP contribution in [0.4, 0.5) is 4.79 Å². The summed E-state index contributed by atoms with van der Waals surface area (Å²) in [5.41, 5.74) is 1.36. The third-order valence-corrected chi connectivity index (χ3v) is 4.04. The molecule has 1 saturated heterocycles. The van der Waals surface area contributed by atoms with E-state index in [2.05, 4.69) is 43.0 Å². The van der Waals surface area contributed by atoms with Gasteiger partial charge in [0, 0.05) is 31.7 Å². The fraction of sp³-hybridized carbons (Fsp3) is 0.562. The standard InChI is InChI=1S/C16H24N2O2/c1-13-11-17(16(19)20-3)12-14(2)18(13)10-9-15-7-5-4-6-8-15/h4-8,13-14H,9-12H2,1-3H3. The van der Waals surface area contributed by atoms with Gasteiger partial charge >= 0.3 is 6.09 Å². The number of amides is 1. The summed E-state index contributed by atoms with van der Waals surface area (Å²) in [5, 5.41) is 0. The molecule has 4 nitrogen and oxygen atoms in total. The molecule has 0 spiro atoms. The van der Waals surface area contributed by atoms with Crippen LogP contribution in [0.15, 0.2) is 30.3 Å². The van der Waals surface area contributed by atoms with Crippen molar-refractivity contribution in [3.8, 4) is 0 Å². The van der Waals surface area contributed by atoms with Crippen LogP contribution in [-0.4, -0.2) is 54.7 Å². The van der Waals surface area contributed by atoms with Gasteiger partial charge in [-0.2, -0.15) is 0 Å². The van der Waals surface area contributed by atoms with E-state index in [1.165, 1.54) is 12.7 Å². The minimum absolute atomic E-state index is 0.216. The SMILES string of the molecule is COC(=O)N1CC(C)N(CCc2ccccc2)C(C)C1. The molecule has 0 radical (unpaired) electrons. The molecule has 1 aliphatic rings. The van der Waals surface area contributed by atoms with Crippen molar-refractivity contribution >= 4 is 6.09 Å². The Hall–Kier alpha value is -1.55. The highest BCUT2D eigenvalue weighted by Crippen LogP contribution is 2.17. The number of piperazine rings is 1. The van der Waals surface area contributed by atoms with E-state index in [-0.39, 0.29) is 6.09 Å². The van der Waals surface area contributed by atoms with Crippen LogP contribution >= 0.6 is 0 Å². The second kappa shape index (κ2) is 6.75. The Morgan fingerprint density at radius 3 is 2.35 bits per heavy atom. The number of carbonyl (C=O) groups is 1. The van der Waals surface area contributed by atoms with Crippen LogP contribution < -0.4 is 0 Å². The van der Waals surface area contributed by atoms with Gasteiger partial charge in [0.15, 0.2) is 0 Å². The topological polar surface area (TPSA) is 32.8 Å². The Morgan fingerprint density at radius 2 is 1.80 bits per heavy atom. The number of hydrogen-bond acceptors (Lipinski definition) is 3. The summed E-state index contributed by atoms with van der Waals surface area (Å²) in [6, 6.07) is 11.3. The molecule has 0 bridgehead atoms. The summed E-state index contributed by atoms with van der Waals surface area (Å²) in [7, 11) is 1.44. The lowest BCUT2D eigenvalue weighted by molar-refractivity contribution is 0.0348. The second-order valence-corrected chi connectivity index (χ2v) is 5.55. The number of nitrogens with zero attached hydrogens (tertiary/aromatic N) is 2. The number of hydrogen-bond donors (Lipinski definition) is 0. The maximum absolute atomic E-state index is 11.6. The summed E-state index contributed by atoms with van der Waals surface area (Å²) < 4.78 is 4.82. The van der Waals surface area contributed by atoms with Crippen LogP contribution in [0.1, 0.15) is 19.4 Å². The lowest BCUT2D eigenvalue weighted by Gasteiger charge is -2.43. The van der Waals surface area contributed by atoms with Crippen molar-refractivity contribution in [3.05, 3.63) is 35.9 Å². The molecule has 1 aromatic rings. The summed E-state index contributed by atoms with van der Waals surface area (Å²) >= 11 is 0. The highest BCUT2D eigenvalue weighted by Gasteiger charge is 2.31. The van der Waals surface area contributed by atoms with Crippen LogP contribution in [-0.2, 0) is 11.2 Å². The first-order valence-electron chi connectivity index (χ1n) is 7.24. The molecule has 1 amide bonds. The molecule has 2 atom stereocenters. The van der Waals surface area contributed by atoms with Gasteiger partial charge < -0.3 is 9.64 Å².